The summed E-state index contributed by atoms with van der Waals surface area (Å²) in [4.78, 5) is 11.5. The topological polar surface area (TPSA) is 55.1 Å². The summed E-state index contributed by atoms with van der Waals surface area (Å²) >= 11 is 2.18. The average molecular weight is 288 g/mol. The van der Waals surface area contributed by atoms with Gasteiger partial charge in [0.05, 0.1) is 5.69 Å². The molecule has 0 aliphatic carbocycles. The van der Waals surface area contributed by atoms with Crippen molar-refractivity contribution >= 4 is 34.2 Å². The van der Waals surface area contributed by atoms with E-state index >= 15 is 0 Å². The smallest absolute Gasteiger partial charge is 0.248 e. The molecule has 0 spiro atoms. The van der Waals surface area contributed by atoms with E-state index in [-0.39, 0.29) is 5.91 Å². The first-order valence-electron chi connectivity index (χ1n) is 3.93. The van der Waals surface area contributed by atoms with Gasteiger partial charge in [0.1, 0.15) is 5.54 Å². The van der Waals surface area contributed by atoms with Gasteiger partial charge in [-0.05, 0) is 35.6 Å². The van der Waals surface area contributed by atoms with Crippen LogP contribution < -0.4 is 11.1 Å². The average Bonchev–Trinajstić information content (AvgIpc) is 2.28. The molecule has 68 valence electrons. The minimum Gasteiger partial charge on any atom is -0.323 e. The van der Waals surface area contributed by atoms with Gasteiger partial charge >= 0.3 is 0 Å². The van der Waals surface area contributed by atoms with Crippen LogP contribution in [-0.4, -0.2) is 5.91 Å². The van der Waals surface area contributed by atoms with Crippen LogP contribution in [0.4, 0.5) is 5.69 Å². The van der Waals surface area contributed by atoms with Crippen molar-refractivity contribution in [1.29, 1.82) is 0 Å². The van der Waals surface area contributed by atoms with Crippen LogP contribution >= 0.6 is 22.6 Å². The Balaban J connectivity index is 2.68. The van der Waals surface area contributed by atoms with Crippen molar-refractivity contribution in [2.45, 2.75) is 12.5 Å². The van der Waals surface area contributed by atoms with Gasteiger partial charge in [-0.15, -0.1) is 0 Å². The SMILES string of the molecule is C[C@@]1(N)C(=O)Nc2c(I)cccc21. The molecule has 4 heteroatoms. The number of rotatable bonds is 0. The Kier molecular flexibility index (Phi) is 1.85. The van der Waals surface area contributed by atoms with Crippen LogP contribution in [0.5, 0.6) is 0 Å². The van der Waals surface area contributed by atoms with E-state index in [0.717, 1.165) is 14.8 Å². The van der Waals surface area contributed by atoms with Gasteiger partial charge in [0.2, 0.25) is 5.91 Å². The fourth-order valence-electron chi connectivity index (χ4n) is 1.45. The highest BCUT2D eigenvalue weighted by atomic mass is 127. The summed E-state index contributed by atoms with van der Waals surface area (Å²) in [7, 11) is 0. The minimum atomic E-state index is -0.878. The Morgan fingerprint density at radius 1 is 1.54 bits per heavy atom. The van der Waals surface area contributed by atoms with Crippen molar-refractivity contribution in [2.24, 2.45) is 5.73 Å². The first kappa shape index (κ1) is 8.96. The summed E-state index contributed by atoms with van der Waals surface area (Å²) < 4.78 is 1.03. The number of hydrogen-bond acceptors (Lipinski definition) is 2. The lowest BCUT2D eigenvalue weighted by atomic mass is 9.95. The second-order valence-corrected chi connectivity index (χ2v) is 4.48. The lowest BCUT2D eigenvalue weighted by molar-refractivity contribution is -0.120. The lowest BCUT2D eigenvalue weighted by Crippen LogP contribution is -2.40. The molecule has 1 aliphatic heterocycles. The molecule has 3 nitrogen and oxygen atoms in total. The third kappa shape index (κ3) is 1.16. The van der Waals surface area contributed by atoms with E-state index in [0.29, 0.717) is 0 Å². The van der Waals surface area contributed by atoms with Gasteiger partial charge in [-0.25, -0.2) is 0 Å². The summed E-state index contributed by atoms with van der Waals surface area (Å²) in [6, 6.07) is 5.74. The van der Waals surface area contributed by atoms with Crippen LogP contribution in [0.2, 0.25) is 0 Å². The molecular weight excluding hydrogens is 279 g/mol. The van der Waals surface area contributed by atoms with Crippen LogP contribution in [0.15, 0.2) is 18.2 Å². The number of anilines is 1. The number of nitrogens with one attached hydrogen (secondary N) is 1. The molecule has 0 radical (unpaired) electrons. The van der Waals surface area contributed by atoms with Gasteiger partial charge in [-0.2, -0.15) is 0 Å². The Labute approximate surface area is 89.8 Å². The lowest BCUT2D eigenvalue weighted by Gasteiger charge is -2.14. The largest absolute Gasteiger partial charge is 0.323 e. The van der Waals surface area contributed by atoms with E-state index in [1.807, 2.05) is 18.2 Å². The molecule has 0 unspecified atom stereocenters. The molecule has 1 heterocycles. The third-order valence-electron chi connectivity index (χ3n) is 2.28. The van der Waals surface area contributed by atoms with Crippen LogP contribution in [-0.2, 0) is 10.3 Å². The van der Waals surface area contributed by atoms with E-state index < -0.39 is 5.54 Å². The summed E-state index contributed by atoms with van der Waals surface area (Å²) in [5.41, 5.74) is 6.75. The molecule has 0 bridgehead atoms. The fraction of sp³-hybridized carbons (Fsp3) is 0.222. The van der Waals surface area contributed by atoms with Gasteiger partial charge in [0.15, 0.2) is 0 Å². The van der Waals surface area contributed by atoms with Crippen LogP contribution in [0.3, 0.4) is 0 Å². The molecule has 0 fully saturated rings. The predicted molar refractivity (Wildman–Crippen MR) is 59.3 cm³/mol. The molecule has 0 saturated carbocycles. The monoisotopic (exact) mass is 288 g/mol. The van der Waals surface area contributed by atoms with E-state index in [4.69, 9.17) is 5.73 Å². The molecule has 0 saturated heterocycles. The van der Waals surface area contributed by atoms with E-state index in [9.17, 15) is 4.79 Å². The number of carbonyl (C=O) groups is 1. The molecule has 1 atom stereocenters. The second kappa shape index (κ2) is 2.68. The summed E-state index contributed by atoms with van der Waals surface area (Å²) in [6.07, 6.45) is 0. The molecule has 1 aromatic carbocycles. The maximum absolute atomic E-state index is 11.5. The van der Waals surface area contributed by atoms with Gasteiger partial charge < -0.3 is 11.1 Å². The van der Waals surface area contributed by atoms with E-state index in [1.54, 1.807) is 6.92 Å². The van der Waals surface area contributed by atoms with Crippen LogP contribution in [0.1, 0.15) is 12.5 Å². The number of nitrogens with two attached hydrogens (primary N) is 1. The fourth-order valence-corrected chi connectivity index (χ4v) is 2.08. The van der Waals surface area contributed by atoms with Crippen molar-refractivity contribution in [3.8, 4) is 0 Å². The number of carbonyl (C=O) groups excluding carboxylic acids is 1. The zero-order chi connectivity index (χ0) is 9.64. The van der Waals surface area contributed by atoms with Gasteiger partial charge in [-0.3, -0.25) is 4.79 Å². The van der Waals surface area contributed by atoms with Crippen molar-refractivity contribution in [3.63, 3.8) is 0 Å². The third-order valence-corrected chi connectivity index (χ3v) is 3.18. The number of halogens is 1. The normalized spacial score (nSPS) is 25.6. The summed E-state index contributed by atoms with van der Waals surface area (Å²) in [5.74, 6) is -0.133. The zero-order valence-electron chi connectivity index (χ0n) is 7.10. The molecule has 3 N–H and O–H groups in total. The molecule has 1 aliphatic rings. The minimum absolute atomic E-state index is 0.133. The second-order valence-electron chi connectivity index (χ2n) is 3.32. The zero-order valence-corrected chi connectivity index (χ0v) is 9.25. The maximum atomic E-state index is 11.5. The van der Waals surface area contributed by atoms with Crippen LogP contribution in [0.25, 0.3) is 0 Å². The number of fused-ring (bicyclic) bond motifs is 1. The first-order valence-corrected chi connectivity index (χ1v) is 5.00. The summed E-state index contributed by atoms with van der Waals surface area (Å²) in [6.45, 7) is 1.73. The highest BCUT2D eigenvalue weighted by molar-refractivity contribution is 14.1. The van der Waals surface area contributed by atoms with Crippen molar-refractivity contribution < 1.29 is 4.79 Å². The van der Waals surface area contributed by atoms with E-state index in [2.05, 4.69) is 27.9 Å². The number of hydrogen-bond donors (Lipinski definition) is 2. The van der Waals surface area contributed by atoms with Crippen LogP contribution in [0, 0.1) is 3.57 Å². The van der Waals surface area contributed by atoms with E-state index in [1.165, 1.54) is 0 Å². The van der Waals surface area contributed by atoms with Crippen molar-refractivity contribution in [3.05, 3.63) is 27.3 Å². The number of benzene rings is 1. The van der Waals surface area contributed by atoms with Gasteiger partial charge in [0, 0.05) is 9.13 Å². The molecule has 0 aromatic heterocycles. The summed E-state index contributed by atoms with van der Waals surface area (Å²) in [5, 5.41) is 2.78. The highest BCUT2D eigenvalue weighted by Crippen LogP contribution is 2.36. The molecule has 1 aromatic rings. The van der Waals surface area contributed by atoms with Crippen molar-refractivity contribution in [1.82, 2.24) is 0 Å². The van der Waals surface area contributed by atoms with Crippen molar-refractivity contribution in [2.75, 3.05) is 5.32 Å². The van der Waals surface area contributed by atoms with Gasteiger partial charge in [-0.1, -0.05) is 12.1 Å². The highest BCUT2D eigenvalue weighted by Gasteiger charge is 2.39. The Morgan fingerprint density at radius 2 is 2.23 bits per heavy atom. The molecular formula is C9H9IN2O. The molecule has 13 heavy (non-hydrogen) atoms. The molecule has 2 rings (SSSR count). The Morgan fingerprint density at radius 3 is 2.85 bits per heavy atom. The number of amides is 1. The Hall–Kier alpha value is -0.620. The number of para-hydroxylation sites is 1. The van der Waals surface area contributed by atoms with Gasteiger partial charge in [0.25, 0.3) is 0 Å². The Bertz CT molecular complexity index is 387. The maximum Gasteiger partial charge on any atom is 0.248 e. The predicted octanol–water partition coefficient (Wildman–Crippen LogP) is 1.42. The quantitative estimate of drug-likeness (QED) is 0.709. The molecule has 1 amide bonds. The standard InChI is InChI=1S/C9H9IN2O/c1-9(11)5-3-2-4-6(10)7(5)12-8(9)13/h2-4H,11H2,1H3,(H,12,13)/t9-/m0/s1. The first-order chi connectivity index (χ1) is 6.03.